The molecule has 1 fully saturated rings. The van der Waals surface area contributed by atoms with E-state index >= 15 is 0 Å². The van der Waals surface area contributed by atoms with Gasteiger partial charge in [-0.1, -0.05) is 39.5 Å². The lowest BCUT2D eigenvalue weighted by Gasteiger charge is -2.32. The molecule has 0 amide bonds. The monoisotopic (exact) mass is 310 g/mol. The van der Waals surface area contributed by atoms with Crippen LogP contribution in [-0.2, 0) is 0 Å². The van der Waals surface area contributed by atoms with E-state index in [1.807, 2.05) is 0 Å². The van der Waals surface area contributed by atoms with Crippen molar-refractivity contribution in [3.8, 4) is 0 Å². The number of anilines is 1. The highest BCUT2D eigenvalue weighted by molar-refractivity contribution is 7.71. The average Bonchev–Trinajstić information content (AvgIpc) is 2.90. The Bertz CT molecular complexity index is 473. The Balaban J connectivity index is 2.29. The summed E-state index contributed by atoms with van der Waals surface area (Å²) in [5, 5.41) is 7.63. The van der Waals surface area contributed by atoms with Crippen molar-refractivity contribution in [2.75, 3.05) is 11.4 Å². The zero-order valence-electron chi connectivity index (χ0n) is 13.8. The summed E-state index contributed by atoms with van der Waals surface area (Å²) in [6.07, 6.45) is 10.0. The number of H-pyrrole nitrogens is 1. The van der Waals surface area contributed by atoms with E-state index in [2.05, 4.69) is 40.4 Å². The van der Waals surface area contributed by atoms with E-state index in [0.717, 1.165) is 23.7 Å². The molecule has 1 saturated carbocycles. The smallest absolute Gasteiger partial charge is 0.226 e. The Morgan fingerprint density at radius 1 is 1.33 bits per heavy atom. The summed E-state index contributed by atoms with van der Waals surface area (Å²) in [6.45, 7) is 7.85. The molecule has 1 aliphatic carbocycles. The summed E-state index contributed by atoms with van der Waals surface area (Å²) < 4.78 is 3.10. The molecule has 2 rings (SSSR count). The predicted octanol–water partition coefficient (Wildman–Crippen LogP) is 4.85. The molecule has 1 atom stereocenters. The highest BCUT2D eigenvalue weighted by atomic mass is 32.1. The van der Waals surface area contributed by atoms with Gasteiger partial charge in [0.25, 0.3) is 0 Å². The van der Waals surface area contributed by atoms with Crippen LogP contribution in [0.1, 0.15) is 78.2 Å². The van der Waals surface area contributed by atoms with Gasteiger partial charge in [0.1, 0.15) is 0 Å². The van der Waals surface area contributed by atoms with Crippen molar-refractivity contribution < 1.29 is 0 Å². The van der Waals surface area contributed by atoms with Gasteiger partial charge in [0, 0.05) is 18.6 Å². The lowest BCUT2D eigenvalue weighted by atomic mass is 9.95. The van der Waals surface area contributed by atoms with E-state index < -0.39 is 0 Å². The molecule has 0 saturated heterocycles. The Kier molecular flexibility index (Phi) is 6.27. The summed E-state index contributed by atoms with van der Waals surface area (Å²) in [4.78, 5) is 2.45. The number of nitrogens with one attached hydrogen (secondary N) is 1. The second-order valence-electron chi connectivity index (χ2n) is 6.29. The molecule has 4 nitrogen and oxygen atoms in total. The van der Waals surface area contributed by atoms with Gasteiger partial charge in [-0.3, -0.25) is 4.57 Å². The van der Waals surface area contributed by atoms with Gasteiger partial charge in [0.15, 0.2) is 4.77 Å². The van der Waals surface area contributed by atoms with Crippen LogP contribution in [0.4, 0.5) is 5.95 Å². The first-order valence-electron chi connectivity index (χ1n) is 8.62. The molecule has 120 valence electrons. The van der Waals surface area contributed by atoms with Crippen molar-refractivity contribution in [3.05, 3.63) is 4.77 Å². The van der Waals surface area contributed by atoms with Crippen LogP contribution >= 0.6 is 12.2 Å². The molecule has 5 heteroatoms. The molecular weight excluding hydrogens is 280 g/mol. The van der Waals surface area contributed by atoms with Gasteiger partial charge < -0.3 is 4.90 Å². The number of rotatable bonds is 7. The molecule has 0 spiro atoms. The fourth-order valence-electron chi connectivity index (χ4n) is 3.23. The van der Waals surface area contributed by atoms with Crippen molar-refractivity contribution >= 4 is 18.2 Å². The average molecular weight is 311 g/mol. The molecule has 0 radical (unpaired) electrons. The van der Waals surface area contributed by atoms with Crippen LogP contribution in [0.2, 0.25) is 0 Å². The molecule has 21 heavy (non-hydrogen) atoms. The molecule has 1 aliphatic rings. The van der Waals surface area contributed by atoms with Gasteiger partial charge in [0.2, 0.25) is 5.95 Å². The molecule has 0 aliphatic heterocycles. The highest BCUT2D eigenvalue weighted by Crippen LogP contribution is 2.32. The number of aromatic amines is 1. The van der Waals surface area contributed by atoms with Crippen molar-refractivity contribution in [3.63, 3.8) is 0 Å². The summed E-state index contributed by atoms with van der Waals surface area (Å²) in [5.74, 6) is 1.06. The van der Waals surface area contributed by atoms with Crippen LogP contribution in [0.25, 0.3) is 0 Å². The third-order valence-corrected chi connectivity index (χ3v) is 5.05. The minimum Gasteiger partial charge on any atom is -0.338 e. The molecular formula is C16H30N4S. The molecule has 1 aromatic heterocycles. The molecule has 1 aromatic rings. The van der Waals surface area contributed by atoms with E-state index in [-0.39, 0.29) is 0 Å². The maximum Gasteiger partial charge on any atom is 0.226 e. The van der Waals surface area contributed by atoms with E-state index in [1.54, 1.807) is 0 Å². The van der Waals surface area contributed by atoms with Crippen LogP contribution in [0.3, 0.4) is 0 Å². The van der Waals surface area contributed by atoms with Gasteiger partial charge in [-0.15, -0.1) is 5.10 Å². The highest BCUT2D eigenvalue weighted by Gasteiger charge is 2.24. The SMILES string of the molecule is CCCCN(c1n[nH]c(=S)n1C1CCCCC1)C(C)CC. The summed E-state index contributed by atoms with van der Waals surface area (Å²) >= 11 is 5.53. The number of hydrogen-bond acceptors (Lipinski definition) is 3. The number of hydrogen-bond donors (Lipinski definition) is 1. The number of unbranched alkanes of at least 4 members (excludes halogenated alkanes) is 1. The number of aromatic nitrogens is 3. The Morgan fingerprint density at radius 2 is 2.05 bits per heavy atom. The summed E-state index contributed by atoms with van der Waals surface area (Å²) in [6, 6.07) is 1.04. The molecule has 0 bridgehead atoms. The first kappa shape index (κ1) is 16.5. The van der Waals surface area contributed by atoms with Crippen LogP contribution in [0.15, 0.2) is 0 Å². The van der Waals surface area contributed by atoms with Gasteiger partial charge >= 0.3 is 0 Å². The zero-order valence-corrected chi connectivity index (χ0v) is 14.6. The summed E-state index contributed by atoms with van der Waals surface area (Å²) in [5.41, 5.74) is 0. The van der Waals surface area contributed by atoms with Crippen LogP contribution in [0, 0.1) is 4.77 Å². The molecule has 0 aromatic carbocycles. The fourth-order valence-corrected chi connectivity index (χ4v) is 3.51. The maximum atomic E-state index is 5.53. The Hall–Kier alpha value is -0.840. The topological polar surface area (TPSA) is 36.9 Å². The van der Waals surface area contributed by atoms with Gasteiger partial charge in [-0.25, -0.2) is 5.10 Å². The van der Waals surface area contributed by atoms with Crippen LogP contribution in [-0.4, -0.2) is 27.4 Å². The van der Waals surface area contributed by atoms with Crippen LogP contribution < -0.4 is 4.90 Å². The first-order chi connectivity index (χ1) is 10.2. The van der Waals surface area contributed by atoms with E-state index in [9.17, 15) is 0 Å². The zero-order chi connectivity index (χ0) is 15.2. The van der Waals surface area contributed by atoms with Gasteiger partial charge in [-0.05, 0) is 44.8 Å². The second kappa shape index (κ2) is 7.97. The van der Waals surface area contributed by atoms with Crippen molar-refractivity contribution in [2.45, 2.75) is 84.2 Å². The largest absolute Gasteiger partial charge is 0.338 e. The first-order valence-corrected chi connectivity index (χ1v) is 9.03. The predicted molar refractivity (Wildman–Crippen MR) is 91.5 cm³/mol. The fraction of sp³-hybridized carbons (Fsp3) is 0.875. The molecule has 1 N–H and O–H groups in total. The summed E-state index contributed by atoms with van der Waals surface area (Å²) in [7, 11) is 0. The van der Waals surface area contributed by atoms with Crippen molar-refractivity contribution in [1.82, 2.24) is 14.8 Å². The maximum absolute atomic E-state index is 5.53. The van der Waals surface area contributed by atoms with Crippen molar-refractivity contribution in [1.29, 1.82) is 0 Å². The number of nitrogens with zero attached hydrogens (tertiary/aromatic N) is 3. The van der Waals surface area contributed by atoms with Crippen LogP contribution in [0.5, 0.6) is 0 Å². The van der Waals surface area contributed by atoms with Crippen molar-refractivity contribution in [2.24, 2.45) is 0 Å². The quantitative estimate of drug-likeness (QED) is 0.731. The molecule has 1 unspecified atom stereocenters. The van der Waals surface area contributed by atoms with Gasteiger partial charge in [-0.2, -0.15) is 0 Å². The Labute approximate surface area is 133 Å². The minimum absolute atomic E-state index is 0.504. The minimum atomic E-state index is 0.504. The molecule has 1 heterocycles. The van der Waals surface area contributed by atoms with E-state index in [0.29, 0.717) is 12.1 Å². The lowest BCUT2D eigenvalue weighted by Crippen LogP contribution is -2.36. The normalized spacial score (nSPS) is 17.9. The third kappa shape index (κ3) is 3.87. The Morgan fingerprint density at radius 3 is 2.67 bits per heavy atom. The lowest BCUT2D eigenvalue weighted by molar-refractivity contribution is 0.348. The third-order valence-electron chi connectivity index (χ3n) is 4.76. The second-order valence-corrected chi connectivity index (χ2v) is 6.68. The van der Waals surface area contributed by atoms with E-state index in [1.165, 1.54) is 44.9 Å². The standard InChI is InChI=1S/C16H30N4S/c1-4-6-12-19(13(3)5-2)15-17-18-16(21)20(15)14-10-8-7-9-11-14/h13-14H,4-12H2,1-3H3,(H,18,21). The van der Waals surface area contributed by atoms with Gasteiger partial charge in [0.05, 0.1) is 0 Å². The van der Waals surface area contributed by atoms with E-state index in [4.69, 9.17) is 12.2 Å².